The Morgan fingerprint density at radius 3 is 2.50 bits per heavy atom. The normalized spacial score (nSPS) is 10.2. The Morgan fingerprint density at radius 2 is 1.86 bits per heavy atom. The number of benzene rings is 1. The average Bonchev–Trinajstić information content (AvgIpc) is 3.21. The highest BCUT2D eigenvalue weighted by Gasteiger charge is 2.10. The summed E-state index contributed by atoms with van der Waals surface area (Å²) in [7, 11) is 0. The highest BCUT2D eigenvalue weighted by molar-refractivity contribution is 7.13. The van der Waals surface area contributed by atoms with Crippen molar-refractivity contribution in [2.24, 2.45) is 0 Å². The van der Waals surface area contributed by atoms with Gasteiger partial charge in [-0.1, -0.05) is 11.3 Å². The quantitative estimate of drug-likeness (QED) is 0.771. The first-order valence-electron chi connectivity index (χ1n) is 6.25. The molecule has 0 saturated heterocycles. The van der Waals surface area contributed by atoms with Crippen LogP contribution in [-0.2, 0) is 0 Å². The van der Waals surface area contributed by atoms with E-state index in [1.807, 2.05) is 0 Å². The van der Waals surface area contributed by atoms with E-state index >= 15 is 0 Å². The Morgan fingerprint density at radius 1 is 1.05 bits per heavy atom. The summed E-state index contributed by atoms with van der Waals surface area (Å²) in [5.41, 5.74) is 2.54. The van der Waals surface area contributed by atoms with Crippen molar-refractivity contribution in [1.82, 2.24) is 10.2 Å². The van der Waals surface area contributed by atoms with Crippen molar-refractivity contribution >= 4 is 34.0 Å². The molecule has 0 fully saturated rings. The van der Waals surface area contributed by atoms with Gasteiger partial charge in [0.2, 0.25) is 5.13 Å². The van der Waals surface area contributed by atoms with E-state index in [4.69, 9.17) is 4.42 Å². The number of aromatic nitrogens is 2. The number of anilines is 2. The van der Waals surface area contributed by atoms with Crippen LogP contribution in [0.2, 0.25) is 0 Å². The zero-order chi connectivity index (χ0) is 15.4. The van der Waals surface area contributed by atoms with Gasteiger partial charge in [-0.2, -0.15) is 0 Å². The van der Waals surface area contributed by atoms with E-state index < -0.39 is 0 Å². The molecule has 2 amide bonds. The van der Waals surface area contributed by atoms with Gasteiger partial charge in [0.05, 0.1) is 6.26 Å². The molecular weight excluding hydrogens is 304 g/mol. The topological polar surface area (TPSA) is 97.1 Å². The molecule has 2 aromatic heterocycles. The Kier molecular flexibility index (Phi) is 3.92. The summed E-state index contributed by atoms with van der Waals surface area (Å²) >= 11 is 1.23. The molecule has 1 aromatic carbocycles. The molecule has 22 heavy (non-hydrogen) atoms. The summed E-state index contributed by atoms with van der Waals surface area (Å²) in [6.07, 6.45) is 1.43. The first kappa shape index (κ1) is 14.0. The average molecular weight is 314 g/mol. The van der Waals surface area contributed by atoms with Gasteiger partial charge in [-0.25, -0.2) is 0 Å². The predicted octanol–water partition coefficient (Wildman–Crippen LogP) is 2.64. The fraction of sp³-hybridized carbons (Fsp3) is 0. The van der Waals surface area contributed by atoms with Crippen LogP contribution < -0.4 is 10.6 Å². The van der Waals surface area contributed by atoms with Crippen molar-refractivity contribution in [3.8, 4) is 0 Å². The third kappa shape index (κ3) is 3.18. The first-order valence-corrected chi connectivity index (χ1v) is 7.13. The zero-order valence-electron chi connectivity index (χ0n) is 11.1. The van der Waals surface area contributed by atoms with Gasteiger partial charge < -0.3 is 9.73 Å². The number of hydrogen-bond donors (Lipinski definition) is 2. The fourth-order valence-corrected chi connectivity index (χ4v) is 2.14. The second-order valence-electron chi connectivity index (χ2n) is 4.21. The van der Waals surface area contributed by atoms with Gasteiger partial charge in [-0.3, -0.25) is 14.9 Å². The minimum Gasteiger partial charge on any atom is -0.459 e. The summed E-state index contributed by atoms with van der Waals surface area (Å²) in [6.45, 7) is 0. The van der Waals surface area contributed by atoms with Crippen molar-refractivity contribution < 1.29 is 14.0 Å². The van der Waals surface area contributed by atoms with Gasteiger partial charge in [0.25, 0.3) is 11.8 Å². The Balaban J connectivity index is 1.65. The van der Waals surface area contributed by atoms with Crippen LogP contribution >= 0.6 is 11.3 Å². The molecular formula is C14H10N4O3S. The molecule has 0 atom stereocenters. The molecule has 0 bridgehead atoms. The first-order chi connectivity index (χ1) is 10.7. The van der Waals surface area contributed by atoms with Crippen LogP contribution in [-0.4, -0.2) is 22.0 Å². The van der Waals surface area contributed by atoms with Crippen molar-refractivity contribution in [2.45, 2.75) is 0 Å². The molecule has 2 N–H and O–H groups in total. The summed E-state index contributed by atoms with van der Waals surface area (Å²) in [5.74, 6) is -0.421. The summed E-state index contributed by atoms with van der Waals surface area (Å²) < 4.78 is 5.00. The monoisotopic (exact) mass is 314 g/mol. The van der Waals surface area contributed by atoms with E-state index in [0.29, 0.717) is 16.4 Å². The number of nitrogens with one attached hydrogen (secondary N) is 2. The van der Waals surface area contributed by atoms with Gasteiger partial charge in [0.1, 0.15) is 5.51 Å². The van der Waals surface area contributed by atoms with Crippen LogP contribution in [0.4, 0.5) is 10.8 Å². The smallest absolute Gasteiger partial charge is 0.291 e. The van der Waals surface area contributed by atoms with Gasteiger partial charge in [0.15, 0.2) is 5.76 Å². The third-order valence-corrected chi connectivity index (χ3v) is 3.34. The van der Waals surface area contributed by atoms with E-state index in [2.05, 4.69) is 20.8 Å². The molecule has 3 rings (SSSR count). The molecule has 0 saturated carbocycles. The second kappa shape index (κ2) is 6.19. The molecule has 0 spiro atoms. The van der Waals surface area contributed by atoms with Crippen molar-refractivity contribution in [3.05, 3.63) is 59.5 Å². The summed E-state index contributed by atoms with van der Waals surface area (Å²) in [5, 5.41) is 13.1. The molecule has 0 unspecified atom stereocenters. The number of carbonyl (C=O) groups is 2. The number of carbonyl (C=O) groups excluding carboxylic acids is 2. The number of amides is 2. The van der Waals surface area contributed by atoms with Crippen LogP contribution in [0, 0.1) is 0 Å². The standard InChI is InChI=1S/C14H10N4O3S/c19-12(17-14-18-15-8-22-14)9-3-5-10(6-4-9)16-13(20)11-2-1-7-21-11/h1-8H,(H,16,20)(H,17,18,19). The largest absolute Gasteiger partial charge is 0.459 e. The van der Waals surface area contributed by atoms with E-state index in [1.165, 1.54) is 23.1 Å². The van der Waals surface area contributed by atoms with Crippen molar-refractivity contribution in [3.63, 3.8) is 0 Å². The van der Waals surface area contributed by atoms with Crippen LogP contribution in [0.5, 0.6) is 0 Å². The number of furan rings is 1. The lowest BCUT2D eigenvalue weighted by atomic mass is 10.2. The van der Waals surface area contributed by atoms with Crippen LogP contribution in [0.15, 0.2) is 52.6 Å². The number of nitrogens with zero attached hydrogens (tertiary/aromatic N) is 2. The van der Waals surface area contributed by atoms with Crippen molar-refractivity contribution in [1.29, 1.82) is 0 Å². The van der Waals surface area contributed by atoms with Crippen LogP contribution in [0.3, 0.4) is 0 Å². The molecule has 110 valence electrons. The minimum atomic E-state index is -0.351. The molecule has 0 aliphatic heterocycles. The van der Waals surface area contributed by atoms with E-state index in [1.54, 1.807) is 36.4 Å². The zero-order valence-corrected chi connectivity index (χ0v) is 12.0. The second-order valence-corrected chi connectivity index (χ2v) is 5.04. The van der Waals surface area contributed by atoms with E-state index in [9.17, 15) is 9.59 Å². The minimum absolute atomic E-state index is 0.220. The number of rotatable bonds is 4. The lowest BCUT2D eigenvalue weighted by molar-refractivity contribution is 0.0995. The maximum atomic E-state index is 12.0. The highest BCUT2D eigenvalue weighted by Crippen LogP contribution is 2.14. The fourth-order valence-electron chi connectivity index (χ4n) is 1.70. The SMILES string of the molecule is O=C(Nc1nncs1)c1ccc(NC(=O)c2ccco2)cc1. The Bertz CT molecular complexity index is 767. The Labute approximate surface area is 129 Å². The van der Waals surface area contributed by atoms with Crippen LogP contribution in [0.25, 0.3) is 0 Å². The molecule has 0 aliphatic rings. The predicted molar refractivity (Wildman–Crippen MR) is 81.0 cm³/mol. The van der Waals surface area contributed by atoms with E-state index in [0.717, 1.165) is 0 Å². The summed E-state index contributed by atoms with van der Waals surface area (Å²) in [6, 6.07) is 9.68. The molecule has 0 aliphatic carbocycles. The van der Waals surface area contributed by atoms with E-state index in [-0.39, 0.29) is 17.6 Å². The van der Waals surface area contributed by atoms with Crippen molar-refractivity contribution in [2.75, 3.05) is 10.6 Å². The lowest BCUT2D eigenvalue weighted by Crippen LogP contribution is -2.13. The third-order valence-electron chi connectivity index (χ3n) is 2.73. The molecule has 2 heterocycles. The van der Waals surface area contributed by atoms with Crippen LogP contribution in [0.1, 0.15) is 20.9 Å². The molecule has 8 heteroatoms. The highest BCUT2D eigenvalue weighted by atomic mass is 32.1. The molecule has 0 radical (unpaired) electrons. The summed E-state index contributed by atoms with van der Waals surface area (Å²) in [4.78, 5) is 23.8. The van der Waals surface area contributed by atoms with Gasteiger partial charge in [-0.15, -0.1) is 10.2 Å². The Hall–Kier alpha value is -3.00. The van der Waals surface area contributed by atoms with Gasteiger partial charge in [0, 0.05) is 11.3 Å². The maximum Gasteiger partial charge on any atom is 0.291 e. The maximum absolute atomic E-state index is 12.0. The van der Waals surface area contributed by atoms with Gasteiger partial charge >= 0.3 is 0 Å². The number of hydrogen-bond acceptors (Lipinski definition) is 6. The van der Waals surface area contributed by atoms with Gasteiger partial charge in [-0.05, 0) is 36.4 Å². The lowest BCUT2D eigenvalue weighted by Gasteiger charge is -2.05. The molecule has 7 nitrogen and oxygen atoms in total. The molecule has 3 aromatic rings.